The summed E-state index contributed by atoms with van der Waals surface area (Å²) in [5.41, 5.74) is 0. The maximum Gasteiger partial charge on any atom is 0.305 e. The number of hydrogen-bond donors (Lipinski definition) is 2. The Bertz CT molecular complexity index is 815. The molecule has 0 heterocycles. The van der Waals surface area contributed by atoms with Gasteiger partial charge >= 0.3 is 11.9 Å². The number of carbonyl (C=O) groups is 2. The molecule has 2 atom stereocenters. The van der Waals surface area contributed by atoms with Crippen LogP contribution in [0.15, 0.2) is 48.6 Å². The Morgan fingerprint density at radius 1 is 0.532 bits per heavy atom. The summed E-state index contributed by atoms with van der Waals surface area (Å²) in [6.45, 7) is 4.15. The molecule has 6 nitrogen and oxygen atoms in total. The number of unbranched alkanes of at least 4 members (excludes halogenated alkanes) is 18. The van der Waals surface area contributed by atoms with Crippen LogP contribution in [0, 0.1) is 0 Å². The third-order valence-corrected chi connectivity index (χ3v) is 8.15. The summed E-state index contributed by atoms with van der Waals surface area (Å²) >= 11 is 0. The lowest BCUT2D eigenvalue weighted by Gasteiger charge is -2.12. The molecule has 47 heavy (non-hydrogen) atoms. The molecule has 0 aromatic rings. The zero-order chi connectivity index (χ0) is 34.5. The molecule has 0 aliphatic carbocycles. The highest BCUT2D eigenvalue weighted by molar-refractivity contribution is 5.69. The number of hydrogen-bond acceptors (Lipinski definition) is 6. The first kappa shape index (κ1) is 44.8. The van der Waals surface area contributed by atoms with Gasteiger partial charge in [0.25, 0.3) is 0 Å². The van der Waals surface area contributed by atoms with Crippen LogP contribution < -0.4 is 0 Å². The minimum Gasteiger partial charge on any atom is -0.463 e. The maximum absolute atomic E-state index is 11.9. The zero-order valence-corrected chi connectivity index (χ0v) is 30.4. The molecule has 0 rings (SSSR count). The van der Waals surface area contributed by atoms with E-state index in [4.69, 9.17) is 9.47 Å². The molecular weight excluding hydrogens is 588 g/mol. The minimum atomic E-state index is -1.00. The van der Waals surface area contributed by atoms with E-state index in [0.717, 1.165) is 38.5 Å². The van der Waals surface area contributed by atoms with Gasteiger partial charge in [-0.3, -0.25) is 9.59 Å². The molecule has 0 aromatic carbocycles. The number of rotatable bonds is 34. The van der Waals surface area contributed by atoms with Gasteiger partial charge in [-0.05, 0) is 44.9 Å². The van der Waals surface area contributed by atoms with Crippen LogP contribution in [0.3, 0.4) is 0 Å². The van der Waals surface area contributed by atoms with E-state index in [1.54, 1.807) is 6.08 Å². The third-order valence-electron chi connectivity index (χ3n) is 8.15. The van der Waals surface area contributed by atoms with Crippen LogP contribution in [-0.2, 0) is 19.1 Å². The number of carbonyl (C=O) groups excluding carboxylic acids is 2. The molecule has 0 aliphatic heterocycles. The van der Waals surface area contributed by atoms with Gasteiger partial charge in [0.1, 0.15) is 19.3 Å². The summed E-state index contributed by atoms with van der Waals surface area (Å²) in [4.78, 5) is 23.9. The Morgan fingerprint density at radius 2 is 1.00 bits per heavy atom. The van der Waals surface area contributed by atoms with Crippen molar-refractivity contribution < 1.29 is 29.3 Å². The second kappa shape index (κ2) is 36.7. The highest BCUT2D eigenvalue weighted by Gasteiger charge is 2.12. The monoisotopic (exact) mass is 661 g/mol. The fraction of sp³-hybridized carbons (Fsp3) is 0.756. The minimum absolute atomic E-state index is 0.147. The van der Waals surface area contributed by atoms with Gasteiger partial charge in [-0.2, -0.15) is 0 Å². The van der Waals surface area contributed by atoms with Gasteiger partial charge in [0.05, 0.1) is 6.10 Å². The normalized spacial score (nSPS) is 13.4. The molecule has 0 bridgehead atoms. The van der Waals surface area contributed by atoms with Crippen LogP contribution >= 0.6 is 0 Å². The summed E-state index contributed by atoms with van der Waals surface area (Å²) in [6, 6.07) is 0. The topological polar surface area (TPSA) is 93.1 Å². The third kappa shape index (κ3) is 36.5. The van der Waals surface area contributed by atoms with Crippen LogP contribution in [0.5, 0.6) is 0 Å². The first-order chi connectivity index (χ1) is 23.0. The quantitative estimate of drug-likeness (QED) is 0.0309. The number of ether oxygens (including phenoxy) is 2. The Morgan fingerprint density at radius 3 is 1.57 bits per heavy atom. The Balaban J connectivity index is 3.60. The first-order valence-corrected chi connectivity index (χ1v) is 19.3. The smallest absolute Gasteiger partial charge is 0.305 e. The van der Waals surface area contributed by atoms with Crippen molar-refractivity contribution in [3.63, 3.8) is 0 Å². The fourth-order valence-corrected chi connectivity index (χ4v) is 5.16. The Kier molecular flexibility index (Phi) is 35.0. The number of allylic oxidation sites excluding steroid dienone is 6. The van der Waals surface area contributed by atoms with Crippen molar-refractivity contribution in [2.45, 2.75) is 187 Å². The van der Waals surface area contributed by atoms with Gasteiger partial charge in [0, 0.05) is 12.8 Å². The first-order valence-electron chi connectivity index (χ1n) is 19.3. The van der Waals surface area contributed by atoms with Gasteiger partial charge in [-0.15, -0.1) is 0 Å². The lowest BCUT2D eigenvalue weighted by Crippen LogP contribution is -2.25. The van der Waals surface area contributed by atoms with Crippen molar-refractivity contribution in [1.82, 2.24) is 0 Å². The van der Waals surface area contributed by atoms with Crippen LogP contribution in [0.2, 0.25) is 0 Å². The van der Waals surface area contributed by atoms with E-state index < -0.39 is 12.2 Å². The summed E-state index contributed by atoms with van der Waals surface area (Å²) < 4.78 is 10.3. The van der Waals surface area contributed by atoms with Crippen LogP contribution in [-0.4, -0.2) is 47.6 Å². The standard InChI is InChI=1S/C41H72O6/c1-3-5-7-9-11-12-13-14-15-16-17-18-22-26-30-34-40(44)46-36-39(43)37-47-41(45)35-31-27-23-20-19-21-25-29-33-38(42)32-28-24-10-8-6-4-2/h20-21,23-25,28-29,33,38-39,42-43H,3-19,22,26-27,30-32,34-37H2,1-2H3/b23-20-,25-21-,28-24-,33-29+/t38-,39+/m1/s1. The molecule has 0 saturated heterocycles. The van der Waals surface area contributed by atoms with E-state index >= 15 is 0 Å². The Hall–Kier alpha value is -2.18. The predicted molar refractivity (Wildman–Crippen MR) is 197 cm³/mol. The predicted octanol–water partition coefficient (Wildman–Crippen LogP) is 10.8. The van der Waals surface area contributed by atoms with Gasteiger partial charge in [0.2, 0.25) is 0 Å². The molecule has 0 fully saturated rings. The van der Waals surface area contributed by atoms with Gasteiger partial charge in [-0.1, -0.05) is 165 Å². The van der Waals surface area contributed by atoms with E-state index in [1.165, 1.54) is 96.3 Å². The molecule has 272 valence electrons. The second-order valence-corrected chi connectivity index (χ2v) is 12.9. The SMILES string of the molecule is CCCCC/C=C\C[C@@H](O)/C=C/C=C\C/C=C\CCCC(=O)OC[C@@H](O)COC(=O)CCCCCCCCCCCCCCCCC. The van der Waals surface area contributed by atoms with Gasteiger partial charge < -0.3 is 19.7 Å². The fourth-order valence-electron chi connectivity index (χ4n) is 5.16. The Labute approximate surface area is 289 Å². The maximum atomic E-state index is 11.9. The molecule has 0 amide bonds. The van der Waals surface area contributed by atoms with Gasteiger partial charge in [0.15, 0.2) is 0 Å². The molecule has 6 heteroatoms. The summed E-state index contributed by atoms with van der Waals surface area (Å²) in [5, 5.41) is 19.9. The molecule has 0 saturated carbocycles. The summed E-state index contributed by atoms with van der Waals surface area (Å²) in [6.07, 6.45) is 41.9. The van der Waals surface area contributed by atoms with Crippen molar-refractivity contribution >= 4 is 11.9 Å². The van der Waals surface area contributed by atoms with Crippen molar-refractivity contribution in [2.75, 3.05) is 13.2 Å². The number of aliphatic hydroxyl groups excluding tert-OH is 2. The van der Waals surface area contributed by atoms with Gasteiger partial charge in [-0.25, -0.2) is 0 Å². The van der Waals surface area contributed by atoms with Crippen molar-refractivity contribution in [2.24, 2.45) is 0 Å². The van der Waals surface area contributed by atoms with Crippen LogP contribution in [0.1, 0.15) is 174 Å². The average Bonchev–Trinajstić information content (AvgIpc) is 3.06. The molecular formula is C41H72O6. The highest BCUT2D eigenvalue weighted by Crippen LogP contribution is 2.14. The largest absolute Gasteiger partial charge is 0.463 e. The lowest BCUT2D eigenvalue weighted by atomic mass is 10.0. The molecule has 0 radical (unpaired) electrons. The lowest BCUT2D eigenvalue weighted by molar-refractivity contribution is -0.152. The molecule has 2 N–H and O–H groups in total. The van der Waals surface area contributed by atoms with E-state index in [2.05, 4.69) is 26.0 Å². The van der Waals surface area contributed by atoms with Crippen molar-refractivity contribution in [1.29, 1.82) is 0 Å². The van der Waals surface area contributed by atoms with E-state index in [0.29, 0.717) is 19.3 Å². The molecule has 0 aromatic heterocycles. The van der Waals surface area contributed by atoms with E-state index in [-0.39, 0.29) is 31.6 Å². The number of aliphatic hydroxyl groups is 2. The van der Waals surface area contributed by atoms with Crippen molar-refractivity contribution in [3.05, 3.63) is 48.6 Å². The van der Waals surface area contributed by atoms with Crippen molar-refractivity contribution in [3.8, 4) is 0 Å². The highest BCUT2D eigenvalue weighted by atomic mass is 16.6. The van der Waals surface area contributed by atoms with Crippen LogP contribution in [0.4, 0.5) is 0 Å². The van der Waals surface area contributed by atoms with E-state index in [1.807, 2.05) is 30.4 Å². The number of esters is 2. The average molecular weight is 661 g/mol. The summed E-state index contributed by atoms with van der Waals surface area (Å²) in [5.74, 6) is -0.665. The summed E-state index contributed by atoms with van der Waals surface area (Å²) in [7, 11) is 0. The van der Waals surface area contributed by atoms with E-state index in [9.17, 15) is 19.8 Å². The molecule has 0 spiro atoms. The zero-order valence-electron chi connectivity index (χ0n) is 30.4. The van der Waals surface area contributed by atoms with Crippen LogP contribution in [0.25, 0.3) is 0 Å². The molecule has 0 unspecified atom stereocenters. The molecule has 0 aliphatic rings. The second-order valence-electron chi connectivity index (χ2n) is 12.9.